The fraction of sp³-hybridized carbons (Fsp3) is 0.267. The van der Waals surface area contributed by atoms with Gasteiger partial charge in [-0.2, -0.15) is 0 Å². The van der Waals surface area contributed by atoms with Gasteiger partial charge in [-0.1, -0.05) is 17.7 Å². The van der Waals surface area contributed by atoms with Gasteiger partial charge in [-0.05, 0) is 39.7 Å². The van der Waals surface area contributed by atoms with Gasteiger partial charge in [-0.15, -0.1) is 0 Å². The van der Waals surface area contributed by atoms with Crippen LogP contribution in [0.4, 0.5) is 5.69 Å². The van der Waals surface area contributed by atoms with Gasteiger partial charge >= 0.3 is 0 Å². The second-order valence-corrected chi connectivity index (χ2v) is 5.59. The van der Waals surface area contributed by atoms with E-state index in [-0.39, 0.29) is 0 Å². The van der Waals surface area contributed by atoms with E-state index in [0.717, 1.165) is 15.7 Å². The maximum atomic E-state index is 5.97. The maximum Gasteiger partial charge on any atom is 0.213 e. The van der Waals surface area contributed by atoms with Crippen molar-refractivity contribution in [3.63, 3.8) is 0 Å². The number of ether oxygens (including phenoxy) is 2. The molecule has 0 atom stereocenters. The van der Waals surface area contributed by atoms with Gasteiger partial charge in [0.2, 0.25) is 5.88 Å². The monoisotopic (exact) mass is 370 g/mol. The van der Waals surface area contributed by atoms with Crippen molar-refractivity contribution in [2.75, 3.05) is 25.6 Å². The zero-order valence-electron chi connectivity index (χ0n) is 11.6. The Bertz CT molecular complexity index is 578. The topological polar surface area (TPSA) is 43.4 Å². The molecule has 0 saturated heterocycles. The van der Waals surface area contributed by atoms with Crippen LogP contribution in [-0.2, 0) is 11.3 Å². The third kappa shape index (κ3) is 5.19. The number of methoxy groups -OCH3 is 1. The molecule has 0 amide bonds. The second kappa shape index (κ2) is 8.22. The Balaban J connectivity index is 1.86. The molecule has 0 fully saturated rings. The minimum atomic E-state index is 0.495. The fourth-order valence-electron chi connectivity index (χ4n) is 1.65. The molecule has 6 heteroatoms. The normalized spacial score (nSPS) is 10.4. The molecule has 0 aliphatic rings. The smallest absolute Gasteiger partial charge is 0.213 e. The van der Waals surface area contributed by atoms with E-state index in [2.05, 4.69) is 26.2 Å². The first-order valence-electron chi connectivity index (χ1n) is 6.44. The van der Waals surface area contributed by atoms with Crippen molar-refractivity contribution in [2.45, 2.75) is 6.54 Å². The van der Waals surface area contributed by atoms with Gasteiger partial charge in [0.1, 0.15) is 6.61 Å². The third-order valence-corrected chi connectivity index (χ3v) is 3.97. The third-order valence-electron chi connectivity index (χ3n) is 2.75. The number of pyridine rings is 1. The van der Waals surface area contributed by atoms with E-state index in [1.807, 2.05) is 30.3 Å². The molecule has 0 unspecified atom stereocenters. The van der Waals surface area contributed by atoms with Crippen molar-refractivity contribution in [3.05, 3.63) is 51.6 Å². The lowest BCUT2D eigenvalue weighted by molar-refractivity contribution is 0.144. The summed E-state index contributed by atoms with van der Waals surface area (Å²) in [5.74, 6) is 0.590. The molecular weight excluding hydrogens is 356 g/mol. The second-order valence-electron chi connectivity index (χ2n) is 4.33. The van der Waals surface area contributed by atoms with Crippen LogP contribution in [0, 0.1) is 0 Å². The summed E-state index contributed by atoms with van der Waals surface area (Å²) >= 11 is 9.38. The summed E-state index contributed by atoms with van der Waals surface area (Å²) in [4.78, 5) is 4.22. The van der Waals surface area contributed by atoms with Gasteiger partial charge in [0.05, 0.1) is 23.5 Å². The SMILES string of the molecule is COCCOc1ccc(NCc2ccc(Cl)c(Br)c2)cn1. The van der Waals surface area contributed by atoms with Crippen LogP contribution in [0.5, 0.6) is 5.88 Å². The van der Waals surface area contributed by atoms with E-state index < -0.39 is 0 Å². The van der Waals surface area contributed by atoms with Gasteiger partial charge in [0.15, 0.2) is 0 Å². The molecule has 0 saturated carbocycles. The molecule has 1 N–H and O–H groups in total. The molecule has 1 aromatic heterocycles. The van der Waals surface area contributed by atoms with E-state index >= 15 is 0 Å². The predicted octanol–water partition coefficient (Wildman–Crippen LogP) is 4.13. The number of rotatable bonds is 7. The molecule has 112 valence electrons. The standard InChI is InChI=1S/C15H16BrClN2O2/c1-20-6-7-21-15-5-3-12(10-19-15)18-9-11-2-4-14(17)13(16)8-11/h2-5,8,10,18H,6-7,9H2,1H3. The Morgan fingerprint density at radius 1 is 1.24 bits per heavy atom. The summed E-state index contributed by atoms with van der Waals surface area (Å²) in [6.45, 7) is 1.74. The van der Waals surface area contributed by atoms with Crippen LogP contribution in [0.25, 0.3) is 0 Å². The van der Waals surface area contributed by atoms with Gasteiger partial charge in [-0.25, -0.2) is 4.98 Å². The van der Waals surface area contributed by atoms with Crippen LogP contribution in [0.3, 0.4) is 0 Å². The first-order valence-corrected chi connectivity index (χ1v) is 7.61. The van der Waals surface area contributed by atoms with E-state index in [1.165, 1.54) is 0 Å². The molecule has 0 radical (unpaired) electrons. The Labute approximate surface area is 137 Å². The minimum absolute atomic E-state index is 0.495. The fourth-order valence-corrected chi connectivity index (χ4v) is 2.20. The first kappa shape index (κ1) is 16.1. The lowest BCUT2D eigenvalue weighted by Gasteiger charge is -2.08. The van der Waals surface area contributed by atoms with Crippen LogP contribution in [0.15, 0.2) is 41.0 Å². The molecule has 0 aliphatic heterocycles. The van der Waals surface area contributed by atoms with Gasteiger partial charge in [0.25, 0.3) is 0 Å². The van der Waals surface area contributed by atoms with E-state index in [1.54, 1.807) is 13.3 Å². The molecular formula is C15H16BrClN2O2. The van der Waals surface area contributed by atoms with Crippen molar-refractivity contribution in [2.24, 2.45) is 0 Å². The lowest BCUT2D eigenvalue weighted by atomic mass is 10.2. The van der Waals surface area contributed by atoms with Crippen molar-refractivity contribution >= 4 is 33.2 Å². The summed E-state index contributed by atoms with van der Waals surface area (Å²) < 4.78 is 11.2. The highest BCUT2D eigenvalue weighted by Gasteiger charge is 2.00. The Morgan fingerprint density at radius 2 is 2.10 bits per heavy atom. The van der Waals surface area contributed by atoms with Crippen LogP contribution >= 0.6 is 27.5 Å². The Morgan fingerprint density at radius 3 is 2.76 bits per heavy atom. The molecule has 0 aliphatic carbocycles. The highest BCUT2D eigenvalue weighted by Crippen LogP contribution is 2.23. The average Bonchev–Trinajstić information content (AvgIpc) is 2.50. The summed E-state index contributed by atoms with van der Waals surface area (Å²) in [6, 6.07) is 9.60. The quantitative estimate of drug-likeness (QED) is 0.743. The highest BCUT2D eigenvalue weighted by atomic mass is 79.9. The molecule has 1 aromatic carbocycles. The number of hydrogen-bond donors (Lipinski definition) is 1. The first-order chi connectivity index (χ1) is 10.2. The summed E-state index contributed by atoms with van der Waals surface area (Å²) in [7, 11) is 1.64. The zero-order chi connectivity index (χ0) is 15.1. The number of anilines is 1. The van der Waals surface area contributed by atoms with Crippen LogP contribution < -0.4 is 10.1 Å². The van der Waals surface area contributed by atoms with Gasteiger partial charge in [0, 0.05) is 24.2 Å². The Kier molecular flexibility index (Phi) is 6.29. The van der Waals surface area contributed by atoms with Crippen molar-refractivity contribution < 1.29 is 9.47 Å². The van der Waals surface area contributed by atoms with Crippen molar-refractivity contribution in [1.29, 1.82) is 0 Å². The predicted molar refractivity (Wildman–Crippen MR) is 88.1 cm³/mol. The summed E-state index contributed by atoms with van der Waals surface area (Å²) in [5, 5.41) is 4.00. The number of benzene rings is 1. The van der Waals surface area contributed by atoms with Crippen LogP contribution in [0.1, 0.15) is 5.56 Å². The molecule has 1 heterocycles. The van der Waals surface area contributed by atoms with E-state index in [9.17, 15) is 0 Å². The molecule has 4 nitrogen and oxygen atoms in total. The number of hydrogen-bond acceptors (Lipinski definition) is 4. The lowest BCUT2D eigenvalue weighted by Crippen LogP contribution is -2.05. The number of nitrogens with zero attached hydrogens (tertiary/aromatic N) is 1. The van der Waals surface area contributed by atoms with Crippen molar-refractivity contribution in [1.82, 2.24) is 4.98 Å². The maximum absolute atomic E-state index is 5.97. The number of aromatic nitrogens is 1. The highest BCUT2D eigenvalue weighted by molar-refractivity contribution is 9.10. The van der Waals surface area contributed by atoms with Gasteiger partial charge in [-0.3, -0.25) is 0 Å². The molecule has 2 rings (SSSR count). The van der Waals surface area contributed by atoms with Crippen LogP contribution in [-0.4, -0.2) is 25.3 Å². The van der Waals surface area contributed by atoms with E-state index in [4.69, 9.17) is 21.1 Å². The van der Waals surface area contributed by atoms with E-state index in [0.29, 0.717) is 30.7 Å². The minimum Gasteiger partial charge on any atom is -0.475 e. The van der Waals surface area contributed by atoms with Crippen LogP contribution in [0.2, 0.25) is 5.02 Å². The largest absolute Gasteiger partial charge is 0.475 e. The molecule has 0 bridgehead atoms. The summed E-state index contributed by atoms with van der Waals surface area (Å²) in [5.41, 5.74) is 2.06. The molecule has 21 heavy (non-hydrogen) atoms. The number of nitrogens with one attached hydrogen (secondary N) is 1. The summed E-state index contributed by atoms with van der Waals surface area (Å²) in [6.07, 6.45) is 1.74. The van der Waals surface area contributed by atoms with Gasteiger partial charge < -0.3 is 14.8 Å². The Hall–Kier alpha value is -1.30. The van der Waals surface area contributed by atoms with Crippen molar-refractivity contribution in [3.8, 4) is 5.88 Å². The molecule has 0 spiro atoms. The zero-order valence-corrected chi connectivity index (χ0v) is 13.9. The molecule has 2 aromatic rings. The number of halogens is 2. The average molecular weight is 372 g/mol.